The molecule has 0 saturated heterocycles. The summed E-state index contributed by atoms with van der Waals surface area (Å²) in [6, 6.07) is 5.83. The molecule has 0 spiro atoms. The molecule has 0 aliphatic carbocycles. The summed E-state index contributed by atoms with van der Waals surface area (Å²) in [6.07, 6.45) is 1.49. The first-order valence-electron chi connectivity index (χ1n) is 5.40. The normalized spacial score (nSPS) is 11.4. The van der Waals surface area contributed by atoms with Gasteiger partial charge in [0.1, 0.15) is 4.90 Å². The lowest BCUT2D eigenvalue weighted by molar-refractivity contribution is 0.601. The van der Waals surface area contributed by atoms with Gasteiger partial charge in [-0.2, -0.15) is 0 Å². The van der Waals surface area contributed by atoms with Crippen LogP contribution in [0.15, 0.2) is 35.4 Å². The third-order valence-electron chi connectivity index (χ3n) is 2.53. The van der Waals surface area contributed by atoms with Gasteiger partial charge in [-0.05, 0) is 36.8 Å². The highest BCUT2D eigenvalue weighted by atomic mass is 35.5. The van der Waals surface area contributed by atoms with E-state index in [4.69, 9.17) is 34.8 Å². The fourth-order valence-electron chi connectivity index (χ4n) is 1.52. The molecule has 0 amide bonds. The van der Waals surface area contributed by atoms with Crippen molar-refractivity contribution in [1.29, 1.82) is 0 Å². The summed E-state index contributed by atoms with van der Waals surface area (Å²) in [5.74, 6) is 0. The lowest BCUT2D eigenvalue weighted by atomic mass is 10.3. The molecule has 106 valence electrons. The van der Waals surface area contributed by atoms with Crippen LogP contribution in [0.25, 0.3) is 0 Å². The topological polar surface area (TPSA) is 59.1 Å². The molecule has 20 heavy (non-hydrogen) atoms. The van der Waals surface area contributed by atoms with Crippen LogP contribution in [0.4, 0.5) is 5.69 Å². The number of benzene rings is 1. The molecule has 0 fully saturated rings. The van der Waals surface area contributed by atoms with Crippen molar-refractivity contribution in [3.05, 3.63) is 51.2 Å². The van der Waals surface area contributed by atoms with Gasteiger partial charge in [-0.25, -0.2) is 13.4 Å². The Bertz CT molecular complexity index is 743. The highest BCUT2D eigenvalue weighted by Gasteiger charge is 2.21. The van der Waals surface area contributed by atoms with E-state index in [0.29, 0.717) is 5.56 Å². The van der Waals surface area contributed by atoms with E-state index in [1.807, 2.05) is 0 Å². The molecule has 1 aromatic carbocycles. The first kappa shape index (κ1) is 15.4. The van der Waals surface area contributed by atoms with Crippen molar-refractivity contribution >= 4 is 50.5 Å². The summed E-state index contributed by atoms with van der Waals surface area (Å²) in [5.41, 5.74) is 0.858. The number of pyridine rings is 1. The van der Waals surface area contributed by atoms with Crippen LogP contribution in [0.3, 0.4) is 0 Å². The van der Waals surface area contributed by atoms with E-state index in [9.17, 15) is 8.42 Å². The third-order valence-corrected chi connectivity index (χ3v) is 4.89. The Labute approximate surface area is 131 Å². The molecule has 0 radical (unpaired) electrons. The molecule has 0 atom stereocenters. The minimum absolute atomic E-state index is 0.0618. The number of rotatable bonds is 3. The van der Waals surface area contributed by atoms with Crippen LogP contribution in [-0.4, -0.2) is 13.4 Å². The predicted octanol–water partition coefficient (Wildman–Crippen LogP) is 4.15. The molecular weight excluding hydrogens is 343 g/mol. The largest absolute Gasteiger partial charge is 0.276 e. The first-order chi connectivity index (χ1) is 9.31. The molecule has 4 nitrogen and oxygen atoms in total. The average Bonchev–Trinajstić information content (AvgIpc) is 2.37. The number of aryl methyl sites for hydroxylation is 1. The summed E-state index contributed by atoms with van der Waals surface area (Å²) in [6.45, 7) is 1.71. The lowest BCUT2D eigenvalue weighted by Crippen LogP contribution is -2.15. The van der Waals surface area contributed by atoms with E-state index < -0.39 is 10.0 Å². The van der Waals surface area contributed by atoms with Crippen LogP contribution in [-0.2, 0) is 10.0 Å². The zero-order valence-corrected chi connectivity index (χ0v) is 13.3. The zero-order valence-electron chi connectivity index (χ0n) is 10.2. The Balaban J connectivity index is 2.49. The van der Waals surface area contributed by atoms with Crippen molar-refractivity contribution < 1.29 is 8.42 Å². The Hall–Kier alpha value is -1.01. The van der Waals surface area contributed by atoms with E-state index in [1.165, 1.54) is 24.4 Å². The molecule has 2 rings (SSSR count). The third kappa shape index (κ3) is 3.17. The maximum Gasteiger partial charge on any atom is 0.263 e. The van der Waals surface area contributed by atoms with Gasteiger partial charge < -0.3 is 0 Å². The van der Waals surface area contributed by atoms with Gasteiger partial charge in [-0.15, -0.1) is 0 Å². The predicted molar refractivity (Wildman–Crippen MR) is 81.3 cm³/mol. The van der Waals surface area contributed by atoms with Gasteiger partial charge in [0.2, 0.25) is 0 Å². The van der Waals surface area contributed by atoms with Crippen LogP contribution in [0, 0.1) is 6.92 Å². The molecule has 0 unspecified atom stereocenters. The molecule has 0 aliphatic rings. The van der Waals surface area contributed by atoms with E-state index in [2.05, 4.69) is 9.71 Å². The number of aromatic nitrogens is 1. The monoisotopic (exact) mass is 350 g/mol. The SMILES string of the molecule is Cc1ccnc(Cl)c1NS(=O)(=O)c1cc(Cl)ccc1Cl. The summed E-state index contributed by atoms with van der Waals surface area (Å²) >= 11 is 17.6. The summed E-state index contributed by atoms with van der Waals surface area (Å²) < 4.78 is 27.1. The Morgan fingerprint density at radius 2 is 1.85 bits per heavy atom. The number of nitrogens with one attached hydrogen (secondary N) is 1. The summed E-state index contributed by atoms with van der Waals surface area (Å²) in [4.78, 5) is 3.72. The van der Waals surface area contributed by atoms with Crippen molar-refractivity contribution in [2.24, 2.45) is 0 Å². The van der Waals surface area contributed by atoms with Crippen LogP contribution < -0.4 is 4.72 Å². The van der Waals surface area contributed by atoms with Crippen LogP contribution in [0.2, 0.25) is 15.2 Å². The smallest absolute Gasteiger partial charge is 0.263 e. The molecule has 0 bridgehead atoms. The van der Waals surface area contributed by atoms with Crippen LogP contribution >= 0.6 is 34.8 Å². The second-order valence-corrected chi connectivity index (χ2v) is 6.83. The molecule has 1 N–H and O–H groups in total. The lowest BCUT2D eigenvalue weighted by Gasteiger charge is -2.12. The second kappa shape index (κ2) is 5.77. The highest BCUT2D eigenvalue weighted by Crippen LogP contribution is 2.30. The molecule has 0 aliphatic heterocycles. The fourth-order valence-corrected chi connectivity index (χ4v) is 3.73. The maximum atomic E-state index is 12.3. The number of hydrogen-bond acceptors (Lipinski definition) is 3. The molecule has 2 aromatic rings. The number of nitrogens with zero attached hydrogens (tertiary/aromatic N) is 1. The zero-order chi connectivity index (χ0) is 14.9. The van der Waals surface area contributed by atoms with Gasteiger partial charge in [-0.1, -0.05) is 34.8 Å². The van der Waals surface area contributed by atoms with Crippen molar-refractivity contribution in [1.82, 2.24) is 4.98 Å². The minimum atomic E-state index is -3.90. The molecule has 1 heterocycles. The second-order valence-electron chi connectivity index (χ2n) is 3.97. The Kier molecular flexibility index (Phi) is 4.44. The Morgan fingerprint density at radius 3 is 2.50 bits per heavy atom. The molecule has 0 saturated carbocycles. The highest BCUT2D eigenvalue weighted by molar-refractivity contribution is 7.92. The van der Waals surface area contributed by atoms with Crippen molar-refractivity contribution in [2.75, 3.05) is 4.72 Å². The fraction of sp³-hybridized carbons (Fsp3) is 0.0833. The Morgan fingerprint density at radius 1 is 1.15 bits per heavy atom. The van der Waals surface area contributed by atoms with E-state index in [1.54, 1.807) is 13.0 Å². The van der Waals surface area contributed by atoms with Gasteiger partial charge >= 0.3 is 0 Å². The standard InChI is InChI=1S/C12H9Cl3N2O2S/c1-7-4-5-16-12(15)11(7)17-20(18,19)10-6-8(13)2-3-9(10)14/h2-6,17H,1H3. The number of halogens is 3. The van der Waals surface area contributed by atoms with E-state index in [-0.39, 0.29) is 25.8 Å². The van der Waals surface area contributed by atoms with Gasteiger partial charge in [0.05, 0.1) is 10.7 Å². The van der Waals surface area contributed by atoms with E-state index >= 15 is 0 Å². The van der Waals surface area contributed by atoms with Gasteiger partial charge in [-0.3, -0.25) is 4.72 Å². The van der Waals surface area contributed by atoms with E-state index in [0.717, 1.165) is 0 Å². The quantitative estimate of drug-likeness (QED) is 0.845. The number of sulfonamides is 1. The molecular formula is C12H9Cl3N2O2S. The van der Waals surface area contributed by atoms with Gasteiger partial charge in [0.15, 0.2) is 5.15 Å². The number of hydrogen-bond donors (Lipinski definition) is 1. The van der Waals surface area contributed by atoms with Crippen molar-refractivity contribution in [3.8, 4) is 0 Å². The maximum absolute atomic E-state index is 12.3. The van der Waals surface area contributed by atoms with Crippen LogP contribution in [0.5, 0.6) is 0 Å². The molecule has 1 aromatic heterocycles. The minimum Gasteiger partial charge on any atom is -0.276 e. The van der Waals surface area contributed by atoms with Gasteiger partial charge in [0.25, 0.3) is 10.0 Å². The average molecular weight is 352 g/mol. The van der Waals surface area contributed by atoms with Crippen molar-refractivity contribution in [2.45, 2.75) is 11.8 Å². The van der Waals surface area contributed by atoms with Crippen molar-refractivity contribution in [3.63, 3.8) is 0 Å². The first-order valence-corrected chi connectivity index (χ1v) is 8.02. The summed E-state index contributed by atoms with van der Waals surface area (Å²) in [5, 5.41) is 0.398. The van der Waals surface area contributed by atoms with Crippen LogP contribution in [0.1, 0.15) is 5.56 Å². The summed E-state index contributed by atoms with van der Waals surface area (Å²) in [7, 11) is -3.90. The van der Waals surface area contributed by atoms with Gasteiger partial charge in [0, 0.05) is 11.2 Å². The molecule has 8 heteroatoms. The number of anilines is 1.